The number of aliphatic carboxylic acids is 1. The first-order chi connectivity index (χ1) is 17.4. The summed E-state index contributed by atoms with van der Waals surface area (Å²) < 4.78 is 32.6. The largest absolute Gasteiger partial charge is 0.497 e. The average Bonchev–Trinajstić information content (AvgIpc) is 2.89. The predicted octanol–water partition coefficient (Wildman–Crippen LogP) is 5.15. The van der Waals surface area contributed by atoms with Crippen LogP contribution in [0.3, 0.4) is 0 Å². The highest BCUT2D eigenvalue weighted by atomic mass is 32.2. The molecule has 0 unspecified atom stereocenters. The van der Waals surface area contributed by atoms with Gasteiger partial charge in [-0.25, -0.2) is 8.78 Å². The molecule has 1 saturated heterocycles. The summed E-state index contributed by atoms with van der Waals surface area (Å²) in [5.74, 6) is -1.94. The summed E-state index contributed by atoms with van der Waals surface area (Å²) in [4.78, 5) is 18.7. The van der Waals surface area contributed by atoms with Crippen LogP contribution in [0, 0.1) is 23.5 Å². The number of rotatable bonds is 10. The maximum atomic E-state index is 13.9. The standard InChI is InChI=1S/C27H30F2N2O4S/c1-35-18-6-7-23-20(15-18)19(9-11-30-23)24(32)8-5-17-10-12-31(16-21(17)27(33)34)13-14-36-25-4-2-3-22(28)26(25)29/h2-4,6-7,9,11,15,17,21,24,32H,5,8,10,12-14,16H2,1H3,(H,33,34)/t17-,21+,24+/m1/s1. The van der Waals surface area contributed by atoms with Gasteiger partial charge in [0.15, 0.2) is 11.6 Å². The lowest BCUT2D eigenvalue weighted by molar-refractivity contribution is -0.146. The molecule has 4 rings (SSSR count). The molecule has 1 aliphatic heterocycles. The Kier molecular flexibility index (Phi) is 8.77. The molecule has 0 radical (unpaired) electrons. The van der Waals surface area contributed by atoms with E-state index in [0.717, 1.165) is 29.1 Å². The molecule has 2 aromatic carbocycles. The van der Waals surface area contributed by atoms with Gasteiger partial charge in [0, 0.05) is 35.3 Å². The Bertz CT molecular complexity index is 1210. The monoisotopic (exact) mass is 516 g/mol. The van der Waals surface area contributed by atoms with Crippen molar-refractivity contribution in [1.82, 2.24) is 9.88 Å². The Morgan fingerprint density at radius 3 is 2.89 bits per heavy atom. The average molecular weight is 517 g/mol. The van der Waals surface area contributed by atoms with Crippen molar-refractivity contribution in [2.45, 2.75) is 30.3 Å². The minimum Gasteiger partial charge on any atom is -0.497 e. The fraction of sp³-hybridized carbons (Fsp3) is 0.407. The van der Waals surface area contributed by atoms with Crippen LogP contribution in [0.1, 0.15) is 30.9 Å². The number of piperidine rings is 1. The van der Waals surface area contributed by atoms with E-state index in [1.54, 1.807) is 25.4 Å². The van der Waals surface area contributed by atoms with Crippen LogP contribution in [0.25, 0.3) is 10.9 Å². The van der Waals surface area contributed by atoms with E-state index in [4.69, 9.17) is 4.74 Å². The Hall–Kier alpha value is -2.75. The minimum atomic E-state index is -0.868. The van der Waals surface area contributed by atoms with Gasteiger partial charge in [0.25, 0.3) is 0 Å². The molecule has 3 aromatic rings. The number of pyridine rings is 1. The predicted molar refractivity (Wildman–Crippen MR) is 135 cm³/mol. The number of aromatic nitrogens is 1. The van der Waals surface area contributed by atoms with Crippen LogP contribution in [0.4, 0.5) is 8.78 Å². The van der Waals surface area contributed by atoms with Gasteiger partial charge in [-0.1, -0.05) is 6.07 Å². The topological polar surface area (TPSA) is 82.9 Å². The number of aliphatic hydroxyl groups is 1. The highest BCUT2D eigenvalue weighted by molar-refractivity contribution is 7.99. The number of benzene rings is 2. The summed E-state index contributed by atoms with van der Waals surface area (Å²) >= 11 is 1.23. The number of hydrogen-bond donors (Lipinski definition) is 2. The summed E-state index contributed by atoms with van der Waals surface area (Å²) in [6.07, 6.45) is 2.66. The molecule has 9 heteroatoms. The first kappa shape index (κ1) is 26.3. The number of hydrogen-bond acceptors (Lipinski definition) is 6. The molecule has 0 bridgehead atoms. The molecule has 0 amide bonds. The fourth-order valence-electron chi connectivity index (χ4n) is 4.87. The Morgan fingerprint density at radius 2 is 2.11 bits per heavy atom. The quantitative estimate of drug-likeness (QED) is 0.361. The van der Waals surface area contributed by atoms with Crippen molar-refractivity contribution in [2.24, 2.45) is 11.8 Å². The van der Waals surface area contributed by atoms with E-state index in [2.05, 4.69) is 9.88 Å². The molecule has 36 heavy (non-hydrogen) atoms. The number of carboxylic acids is 1. The van der Waals surface area contributed by atoms with E-state index in [1.807, 2.05) is 18.2 Å². The molecule has 1 aromatic heterocycles. The SMILES string of the molecule is COc1ccc2nccc([C@@H](O)CC[C@@H]3CCN(CCSc4cccc(F)c4F)C[C@@H]3C(=O)O)c2c1. The number of thioether (sulfide) groups is 1. The van der Waals surface area contributed by atoms with Crippen LogP contribution < -0.4 is 4.74 Å². The lowest BCUT2D eigenvalue weighted by atomic mass is 9.81. The van der Waals surface area contributed by atoms with Crippen molar-refractivity contribution in [1.29, 1.82) is 0 Å². The van der Waals surface area contributed by atoms with Gasteiger partial charge in [-0.3, -0.25) is 9.78 Å². The number of halogens is 2. The third kappa shape index (κ3) is 6.14. The summed E-state index contributed by atoms with van der Waals surface area (Å²) in [6, 6.07) is 11.4. The highest BCUT2D eigenvalue weighted by Crippen LogP contribution is 2.34. The molecule has 0 spiro atoms. The molecule has 192 valence electrons. The lowest BCUT2D eigenvalue weighted by Crippen LogP contribution is -2.44. The van der Waals surface area contributed by atoms with Crippen LogP contribution in [0.5, 0.6) is 5.75 Å². The van der Waals surface area contributed by atoms with Crippen LogP contribution in [0.2, 0.25) is 0 Å². The Labute approximate surface area is 213 Å². The van der Waals surface area contributed by atoms with Crippen molar-refractivity contribution in [3.05, 3.63) is 65.9 Å². The van der Waals surface area contributed by atoms with E-state index < -0.39 is 29.6 Å². The molecule has 0 aliphatic carbocycles. The van der Waals surface area contributed by atoms with E-state index in [1.165, 1.54) is 17.8 Å². The number of nitrogens with zero attached hydrogens (tertiary/aromatic N) is 2. The van der Waals surface area contributed by atoms with Gasteiger partial charge in [-0.05, 0) is 73.7 Å². The van der Waals surface area contributed by atoms with Crippen molar-refractivity contribution < 1.29 is 28.5 Å². The third-order valence-corrected chi connectivity index (χ3v) is 7.90. The lowest BCUT2D eigenvalue weighted by Gasteiger charge is -2.37. The van der Waals surface area contributed by atoms with Crippen molar-refractivity contribution in [2.75, 3.05) is 32.5 Å². The molecule has 2 N–H and O–H groups in total. The number of methoxy groups -OCH3 is 1. The van der Waals surface area contributed by atoms with E-state index in [0.29, 0.717) is 43.9 Å². The Morgan fingerprint density at radius 1 is 1.28 bits per heavy atom. The van der Waals surface area contributed by atoms with Crippen LogP contribution in [0.15, 0.2) is 53.6 Å². The summed E-state index contributed by atoms with van der Waals surface area (Å²) in [5.41, 5.74) is 1.52. The van der Waals surface area contributed by atoms with Gasteiger partial charge in [0.1, 0.15) is 5.75 Å². The van der Waals surface area contributed by atoms with E-state index in [9.17, 15) is 23.8 Å². The zero-order valence-corrected chi connectivity index (χ0v) is 20.9. The van der Waals surface area contributed by atoms with E-state index in [-0.39, 0.29) is 10.8 Å². The maximum Gasteiger partial charge on any atom is 0.308 e. The smallest absolute Gasteiger partial charge is 0.308 e. The zero-order valence-electron chi connectivity index (χ0n) is 20.1. The molecule has 1 fully saturated rings. The van der Waals surface area contributed by atoms with Crippen molar-refractivity contribution in [3.8, 4) is 5.75 Å². The van der Waals surface area contributed by atoms with Crippen molar-refractivity contribution in [3.63, 3.8) is 0 Å². The minimum absolute atomic E-state index is 0.0515. The zero-order chi connectivity index (χ0) is 25.7. The van der Waals surface area contributed by atoms with Gasteiger partial charge >= 0.3 is 5.97 Å². The molecular formula is C27H30F2N2O4S. The third-order valence-electron chi connectivity index (χ3n) is 6.89. The second kappa shape index (κ2) is 12.0. The number of likely N-dealkylation sites (tertiary alicyclic amines) is 1. The normalized spacial score (nSPS) is 19.3. The number of carboxylic acid groups (broad SMARTS) is 1. The second-order valence-electron chi connectivity index (χ2n) is 9.07. The summed E-state index contributed by atoms with van der Waals surface area (Å²) in [7, 11) is 1.59. The number of fused-ring (bicyclic) bond motifs is 1. The highest BCUT2D eigenvalue weighted by Gasteiger charge is 2.34. The summed E-state index contributed by atoms with van der Waals surface area (Å²) in [5, 5.41) is 21.7. The molecule has 0 saturated carbocycles. The first-order valence-corrected chi connectivity index (χ1v) is 13.0. The fourth-order valence-corrected chi connectivity index (χ4v) is 5.84. The molecular weight excluding hydrogens is 486 g/mol. The Balaban J connectivity index is 1.33. The maximum absolute atomic E-state index is 13.9. The molecule has 1 aliphatic rings. The molecule has 6 nitrogen and oxygen atoms in total. The van der Waals surface area contributed by atoms with E-state index >= 15 is 0 Å². The van der Waals surface area contributed by atoms with Gasteiger partial charge in [0.2, 0.25) is 0 Å². The van der Waals surface area contributed by atoms with Crippen molar-refractivity contribution >= 4 is 28.6 Å². The van der Waals surface area contributed by atoms with Crippen LogP contribution in [-0.2, 0) is 4.79 Å². The second-order valence-corrected chi connectivity index (χ2v) is 10.2. The van der Waals surface area contributed by atoms with Gasteiger partial charge in [-0.15, -0.1) is 11.8 Å². The summed E-state index contributed by atoms with van der Waals surface area (Å²) in [6.45, 7) is 1.72. The number of aliphatic hydroxyl groups excluding tert-OH is 1. The number of ether oxygens (including phenoxy) is 1. The molecule has 3 atom stereocenters. The number of carbonyl (C=O) groups is 1. The van der Waals surface area contributed by atoms with Gasteiger partial charge in [-0.2, -0.15) is 0 Å². The van der Waals surface area contributed by atoms with Crippen LogP contribution >= 0.6 is 11.8 Å². The van der Waals surface area contributed by atoms with Crippen LogP contribution in [-0.4, -0.2) is 58.6 Å². The van der Waals surface area contributed by atoms with Gasteiger partial charge in [0.05, 0.1) is 24.6 Å². The molecule has 2 heterocycles. The van der Waals surface area contributed by atoms with Gasteiger partial charge < -0.3 is 19.8 Å². The first-order valence-electron chi connectivity index (χ1n) is 12.0.